The van der Waals surface area contributed by atoms with Crippen LogP contribution in [0.5, 0.6) is 0 Å². The van der Waals surface area contributed by atoms with Gasteiger partial charge in [0.15, 0.2) is 5.75 Å². The lowest BCUT2D eigenvalue weighted by atomic mass is 10.3. The number of halogens is 1. The van der Waals surface area contributed by atoms with Gasteiger partial charge in [0, 0.05) is 30.7 Å². The van der Waals surface area contributed by atoms with Gasteiger partial charge in [0.25, 0.3) is 0 Å². The lowest BCUT2D eigenvalue weighted by molar-refractivity contribution is -0.127. The molecule has 0 fully saturated rings. The molecule has 2 N–H and O–H groups in total. The van der Waals surface area contributed by atoms with Crippen LogP contribution < -0.4 is 5.32 Å². The average Bonchev–Trinajstić information content (AvgIpc) is 2.51. The zero-order valence-corrected chi connectivity index (χ0v) is 16.3. The van der Waals surface area contributed by atoms with E-state index >= 15 is 0 Å². The topological polar surface area (TPSA) is 82.5 Å². The highest BCUT2D eigenvalue weighted by Gasteiger charge is 2.21. The summed E-state index contributed by atoms with van der Waals surface area (Å²) < 4.78 is 21.0. The molecule has 6 nitrogen and oxygen atoms in total. The van der Waals surface area contributed by atoms with Crippen molar-refractivity contribution in [1.82, 2.24) is 15.2 Å². The van der Waals surface area contributed by atoms with Crippen molar-refractivity contribution in [3.63, 3.8) is 0 Å². The number of allylic oxidation sites excluding steroid dienone is 1. The van der Waals surface area contributed by atoms with E-state index in [1.807, 2.05) is 6.07 Å². The summed E-state index contributed by atoms with van der Waals surface area (Å²) in [6, 6.07) is 3.60. The summed E-state index contributed by atoms with van der Waals surface area (Å²) in [5.74, 6) is -0.319. The van der Waals surface area contributed by atoms with Crippen LogP contribution in [0.3, 0.4) is 0 Å². The van der Waals surface area contributed by atoms with E-state index in [2.05, 4.69) is 26.2 Å². The number of amides is 1. The number of thiocarbonyl (C=S) groups is 1. The standard InChI is InChI=1S/C14H18BrN3O3S2/c1-10(18(2)12(19)6-8-23(3,20)21)13(15)17-14(22)11-5-4-7-16-9-11/h4-5,7,9H,6,8H2,1-3H3,(H-,17,20,21,22)/p+1/b13-10+. The van der Waals surface area contributed by atoms with Gasteiger partial charge in [0.1, 0.15) is 15.9 Å². The Hall–Kier alpha value is -1.16. The molecular weight excluding hydrogens is 402 g/mol. The third-order valence-electron chi connectivity index (χ3n) is 3.04. The highest BCUT2D eigenvalue weighted by Crippen LogP contribution is 2.14. The third-order valence-corrected chi connectivity index (χ3v) is 5.11. The fraction of sp³-hybridized carbons (Fsp3) is 0.357. The highest BCUT2D eigenvalue weighted by atomic mass is 79.9. The molecule has 1 amide bonds. The van der Waals surface area contributed by atoms with E-state index < -0.39 is 10.2 Å². The first kappa shape index (κ1) is 19.9. The number of carbonyl (C=O) groups is 1. The van der Waals surface area contributed by atoms with E-state index in [1.165, 1.54) is 11.2 Å². The quantitative estimate of drug-likeness (QED) is 0.417. The minimum absolute atomic E-state index is 0.00694. The number of hydrogen-bond donors (Lipinski definition) is 2. The molecule has 0 aliphatic rings. The molecule has 0 aliphatic carbocycles. The number of aromatic nitrogens is 1. The number of nitrogens with one attached hydrogen (secondary N) is 1. The Bertz CT molecular complexity index is 658. The first-order chi connectivity index (χ1) is 10.6. The van der Waals surface area contributed by atoms with Crippen LogP contribution in [0.15, 0.2) is 34.8 Å². The molecule has 0 aromatic carbocycles. The van der Waals surface area contributed by atoms with Crippen LogP contribution in [-0.2, 0) is 19.2 Å². The fourth-order valence-corrected chi connectivity index (χ4v) is 2.91. The minimum atomic E-state index is -2.92. The molecule has 9 heteroatoms. The molecule has 0 saturated heterocycles. The summed E-state index contributed by atoms with van der Waals surface area (Å²) in [5, 5.41) is 2.99. The van der Waals surface area contributed by atoms with Crippen molar-refractivity contribution in [1.29, 1.82) is 0 Å². The second-order valence-electron chi connectivity index (χ2n) is 4.96. The fourth-order valence-electron chi connectivity index (χ4n) is 1.54. The van der Waals surface area contributed by atoms with E-state index in [1.54, 1.807) is 32.4 Å². The summed E-state index contributed by atoms with van der Waals surface area (Å²) in [5.41, 5.74) is 1.37. The predicted molar refractivity (Wildman–Crippen MR) is 99.6 cm³/mol. The van der Waals surface area contributed by atoms with Crippen molar-refractivity contribution in [3.8, 4) is 0 Å². The Morgan fingerprint density at radius 2 is 2.22 bits per heavy atom. The van der Waals surface area contributed by atoms with E-state index in [4.69, 9.17) is 12.2 Å². The van der Waals surface area contributed by atoms with Crippen LogP contribution in [0.2, 0.25) is 0 Å². The SMILES string of the molecule is C/C(=C(/Br)NC(=S)c1cccnc1)N(C)C(=O)CC[S+](C)(=O)O. The zero-order chi connectivity index (χ0) is 17.6. The molecule has 1 unspecified atom stereocenters. The van der Waals surface area contributed by atoms with E-state index in [9.17, 15) is 13.6 Å². The predicted octanol–water partition coefficient (Wildman–Crippen LogP) is 2.38. The van der Waals surface area contributed by atoms with Crippen molar-refractivity contribution in [2.24, 2.45) is 0 Å². The summed E-state index contributed by atoms with van der Waals surface area (Å²) in [6.45, 7) is 1.74. The van der Waals surface area contributed by atoms with Gasteiger partial charge in [-0.15, -0.1) is 0 Å². The van der Waals surface area contributed by atoms with Crippen molar-refractivity contribution in [2.45, 2.75) is 13.3 Å². The third kappa shape index (κ3) is 6.86. The summed E-state index contributed by atoms with van der Waals surface area (Å²) in [4.78, 5) is 17.9. The number of hydrogen-bond acceptors (Lipinski definition) is 4. The van der Waals surface area contributed by atoms with Crippen molar-refractivity contribution in [3.05, 3.63) is 40.4 Å². The van der Waals surface area contributed by atoms with E-state index in [-0.39, 0.29) is 18.1 Å². The molecule has 0 bridgehead atoms. The Labute approximate surface area is 150 Å². The molecule has 1 aromatic heterocycles. The molecule has 0 saturated carbocycles. The summed E-state index contributed by atoms with van der Waals surface area (Å²) in [7, 11) is -1.32. The first-order valence-corrected chi connectivity index (χ1v) is 9.95. The van der Waals surface area contributed by atoms with Gasteiger partial charge in [-0.1, -0.05) is 16.4 Å². The molecule has 23 heavy (non-hydrogen) atoms. The van der Waals surface area contributed by atoms with Gasteiger partial charge < -0.3 is 10.2 Å². The maximum absolute atomic E-state index is 12.1. The molecule has 1 atom stereocenters. The van der Waals surface area contributed by atoms with Crippen LogP contribution >= 0.6 is 28.1 Å². The average molecular weight is 421 g/mol. The van der Waals surface area contributed by atoms with Crippen molar-refractivity contribution >= 4 is 49.3 Å². The lowest BCUT2D eigenvalue weighted by Gasteiger charge is -2.20. The van der Waals surface area contributed by atoms with Crippen LogP contribution in [0.1, 0.15) is 18.9 Å². The normalized spacial score (nSPS) is 14.5. The summed E-state index contributed by atoms with van der Waals surface area (Å²) in [6.07, 6.45) is 4.50. The highest BCUT2D eigenvalue weighted by molar-refractivity contribution is 9.11. The maximum Gasteiger partial charge on any atom is 0.231 e. The lowest BCUT2D eigenvalue weighted by Crippen LogP contribution is -2.30. The molecule has 126 valence electrons. The Morgan fingerprint density at radius 3 is 2.74 bits per heavy atom. The maximum atomic E-state index is 12.1. The molecular formula is C14H19BrN3O3S2+. The number of nitrogens with zero attached hydrogens (tertiary/aromatic N) is 2. The largest absolute Gasteiger partial charge is 0.339 e. The smallest absolute Gasteiger partial charge is 0.231 e. The molecule has 1 aromatic rings. The molecule has 0 spiro atoms. The van der Waals surface area contributed by atoms with E-state index in [0.29, 0.717) is 15.3 Å². The van der Waals surface area contributed by atoms with Gasteiger partial charge in [0.2, 0.25) is 16.1 Å². The minimum Gasteiger partial charge on any atom is -0.339 e. The van der Waals surface area contributed by atoms with E-state index in [0.717, 1.165) is 5.56 Å². The molecule has 1 rings (SSSR count). The van der Waals surface area contributed by atoms with Crippen LogP contribution in [-0.4, -0.2) is 44.4 Å². The van der Waals surface area contributed by atoms with Crippen LogP contribution in [0, 0.1) is 0 Å². The van der Waals surface area contributed by atoms with Crippen molar-refractivity contribution < 1.29 is 13.6 Å². The number of carbonyl (C=O) groups excluding carboxylic acids is 1. The van der Waals surface area contributed by atoms with Gasteiger partial charge in [-0.25, -0.2) is 0 Å². The molecule has 1 heterocycles. The monoisotopic (exact) mass is 420 g/mol. The number of pyridine rings is 1. The number of rotatable bonds is 6. The second-order valence-corrected chi connectivity index (χ2v) is 8.49. The summed E-state index contributed by atoms with van der Waals surface area (Å²) >= 11 is 8.64. The van der Waals surface area contributed by atoms with Gasteiger partial charge >= 0.3 is 0 Å². The first-order valence-electron chi connectivity index (χ1n) is 6.65. The molecule has 0 aliphatic heterocycles. The molecule has 0 radical (unpaired) electrons. The van der Waals surface area contributed by atoms with Gasteiger partial charge in [-0.05, 0) is 35.0 Å². The van der Waals surface area contributed by atoms with Crippen LogP contribution in [0.25, 0.3) is 0 Å². The Balaban J connectivity index is 2.74. The Kier molecular flexibility index (Phi) is 7.46. The zero-order valence-electron chi connectivity index (χ0n) is 13.1. The van der Waals surface area contributed by atoms with Crippen molar-refractivity contribution in [2.75, 3.05) is 19.1 Å². The van der Waals surface area contributed by atoms with Gasteiger partial charge in [-0.3, -0.25) is 9.78 Å². The van der Waals surface area contributed by atoms with Crippen LogP contribution in [0.4, 0.5) is 0 Å². The second kappa shape index (κ2) is 8.62. The van der Waals surface area contributed by atoms with Gasteiger partial charge in [0.05, 0.1) is 6.42 Å². The Morgan fingerprint density at radius 1 is 1.57 bits per heavy atom. The van der Waals surface area contributed by atoms with Gasteiger partial charge in [-0.2, -0.15) is 4.55 Å².